The van der Waals surface area contributed by atoms with Crippen LogP contribution in [0.3, 0.4) is 0 Å². The van der Waals surface area contributed by atoms with Gasteiger partial charge in [0.1, 0.15) is 6.26 Å². The maximum absolute atomic E-state index is 4.85. The maximum Gasteiger partial charge on any atom is 0.109 e. The number of nitrogens with one attached hydrogen (secondary N) is 1. The van der Waals surface area contributed by atoms with Crippen LogP contribution in [0.4, 0.5) is 0 Å². The van der Waals surface area contributed by atoms with Gasteiger partial charge in [0.25, 0.3) is 0 Å². The van der Waals surface area contributed by atoms with E-state index in [-0.39, 0.29) is 5.41 Å². The third-order valence-electron chi connectivity index (χ3n) is 1.47. The van der Waals surface area contributed by atoms with Gasteiger partial charge < -0.3 is 4.84 Å². The summed E-state index contributed by atoms with van der Waals surface area (Å²) in [6.07, 6.45) is 3.72. The molecule has 1 heterocycles. The van der Waals surface area contributed by atoms with Crippen LogP contribution in [0, 0.1) is 5.41 Å². The van der Waals surface area contributed by atoms with Gasteiger partial charge >= 0.3 is 0 Å². The molecule has 0 bridgehead atoms. The normalized spacial score (nSPS) is 26.3. The summed E-state index contributed by atoms with van der Waals surface area (Å²) in [5, 5.41) is 0. The van der Waals surface area contributed by atoms with Crippen molar-refractivity contribution in [3.05, 3.63) is 12.3 Å². The first-order valence-electron chi connectivity index (χ1n) is 3.18. The fourth-order valence-electron chi connectivity index (χ4n) is 0.735. The van der Waals surface area contributed by atoms with E-state index in [0.29, 0.717) is 6.04 Å². The smallest absolute Gasteiger partial charge is 0.109 e. The lowest BCUT2D eigenvalue weighted by molar-refractivity contribution is 0.104. The van der Waals surface area contributed by atoms with E-state index in [9.17, 15) is 0 Å². The Morgan fingerprint density at radius 1 is 1.44 bits per heavy atom. The number of hydroxylamine groups is 1. The molecule has 1 rings (SSSR count). The van der Waals surface area contributed by atoms with Crippen LogP contribution in [0.15, 0.2) is 12.3 Å². The monoisotopic (exact) mass is 127 g/mol. The minimum absolute atomic E-state index is 0.257. The Bertz CT molecular complexity index is 123. The molecule has 0 saturated heterocycles. The number of hydrogen-bond acceptors (Lipinski definition) is 2. The van der Waals surface area contributed by atoms with Gasteiger partial charge in [-0.1, -0.05) is 20.8 Å². The predicted molar refractivity (Wildman–Crippen MR) is 36.6 cm³/mol. The molecule has 0 aliphatic carbocycles. The zero-order valence-electron chi connectivity index (χ0n) is 6.14. The second-order valence-electron chi connectivity index (χ2n) is 3.41. The molecule has 0 spiro atoms. The van der Waals surface area contributed by atoms with E-state index in [1.165, 1.54) is 0 Å². The van der Waals surface area contributed by atoms with Crippen molar-refractivity contribution in [2.75, 3.05) is 0 Å². The van der Waals surface area contributed by atoms with Crippen LogP contribution in [0.2, 0.25) is 0 Å². The summed E-state index contributed by atoms with van der Waals surface area (Å²) in [5.74, 6) is 0. The molecule has 1 aliphatic rings. The molecule has 0 aromatic heterocycles. The molecule has 52 valence electrons. The number of rotatable bonds is 0. The fraction of sp³-hybridized carbons (Fsp3) is 0.714. The van der Waals surface area contributed by atoms with E-state index in [1.54, 1.807) is 6.26 Å². The topological polar surface area (TPSA) is 21.3 Å². The zero-order chi connectivity index (χ0) is 6.91. The van der Waals surface area contributed by atoms with Gasteiger partial charge in [-0.3, -0.25) is 0 Å². The summed E-state index contributed by atoms with van der Waals surface area (Å²) in [6, 6.07) is 0.359. The van der Waals surface area contributed by atoms with Crippen molar-refractivity contribution in [3.63, 3.8) is 0 Å². The van der Waals surface area contributed by atoms with Crippen molar-refractivity contribution in [2.45, 2.75) is 26.8 Å². The van der Waals surface area contributed by atoms with Gasteiger partial charge in [0.05, 0.1) is 6.04 Å². The van der Waals surface area contributed by atoms with Crippen molar-refractivity contribution in [3.8, 4) is 0 Å². The van der Waals surface area contributed by atoms with Crippen LogP contribution in [0.25, 0.3) is 0 Å². The van der Waals surface area contributed by atoms with Crippen LogP contribution in [0.1, 0.15) is 20.8 Å². The van der Waals surface area contributed by atoms with E-state index >= 15 is 0 Å². The summed E-state index contributed by atoms with van der Waals surface area (Å²) < 4.78 is 0. The zero-order valence-corrected chi connectivity index (χ0v) is 6.14. The molecule has 1 atom stereocenters. The number of hydrogen-bond donors (Lipinski definition) is 1. The van der Waals surface area contributed by atoms with Gasteiger partial charge in [-0.25, -0.2) is 0 Å². The summed E-state index contributed by atoms with van der Waals surface area (Å²) in [5.41, 5.74) is 3.14. The second kappa shape index (κ2) is 2.03. The minimum Gasteiger partial charge on any atom is -0.416 e. The molecule has 1 N–H and O–H groups in total. The largest absolute Gasteiger partial charge is 0.416 e. The SMILES string of the molecule is CC(C)(C)C1C=CON1. The first kappa shape index (κ1) is 6.62. The van der Waals surface area contributed by atoms with Crippen LogP contribution in [-0.4, -0.2) is 6.04 Å². The molecule has 9 heavy (non-hydrogen) atoms. The molecular formula is C7H13NO. The molecule has 0 amide bonds. The molecule has 0 saturated carbocycles. The average Bonchev–Trinajstić information content (AvgIpc) is 2.08. The summed E-state index contributed by atoms with van der Waals surface area (Å²) >= 11 is 0. The maximum atomic E-state index is 4.85. The van der Waals surface area contributed by atoms with Crippen molar-refractivity contribution < 1.29 is 4.84 Å². The van der Waals surface area contributed by atoms with Gasteiger partial charge in [0, 0.05) is 0 Å². The lowest BCUT2D eigenvalue weighted by Gasteiger charge is -2.23. The summed E-state index contributed by atoms with van der Waals surface area (Å²) in [6.45, 7) is 6.51. The van der Waals surface area contributed by atoms with Crippen molar-refractivity contribution >= 4 is 0 Å². The van der Waals surface area contributed by atoms with E-state index < -0.39 is 0 Å². The van der Waals surface area contributed by atoms with E-state index in [1.807, 2.05) is 6.08 Å². The standard InChI is InChI=1S/C7H13NO/c1-7(2,3)6-4-5-9-8-6/h4-6,8H,1-3H3. The molecule has 1 aliphatic heterocycles. The third-order valence-corrected chi connectivity index (χ3v) is 1.47. The summed E-state index contributed by atoms with van der Waals surface area (Å²) in [4.78, 5) is 4.85. The first-order valence-corrected chi connectivity index (χ1v) is 3.18. The van der Waals surface area contributed by atoms with Crippen molar-refractivity contribution in [2.24, 2.45) is 5.41 Å². The Labute approximate surface area is 55.9 Å². The Morgan fingerprint density at radius 3 is 2.33 bits per heavy atom. The molecule has 0 aromatic rings. The van der Waals surface area contributed by atoms with Crippen LogP contribution in [0.5, 0.6) is 0 Å². The lowest BCUT2D eigenvalue weighted by Crippen LogP contribution is -2.34. The lowest BCUT2D eigenvalue weighted by atomic mass is 9.88. The predicted octanol–water partition coefficient (Wildman–Crippen LogP) is 1.45. The third kappa shape index (κ3) is 1.45. The molecule has 0 fully saturated rings. The van der Waals surface area contributed by atoms with Crippen LogP contribution >= 0.6 is 0 Å². The highest BCUT2D eigenvalue weighted by molar-refractivity contribution is 4.98. The molecule has 0 radical (unpaired) electrons. The molecular weight excluding hydrogens is 114 g/mol. The van der Waals surface area contributed by atoms with Crippen molar-refractivity contribution in [1.82, 2.24) is 5.48 Å². The van der Waals surface area contributed by atoms with E-state index in [4.69, 9.17) is 4.84 Å². The highest BCUT2D eigenvalue weighted by atomic mass is 16.6. The molecule has 2 nitrogen and oxygen atoms in total. The van der Waals surface area contributed by atoms with Gasteiger partial charge in [-0.05, 0) is 11.5 Å². The van der Waals surface area contributed by atoms with Gasteiger partial charge in [-0.15, -0.1) is 5.48 Å². The Balaban J connectivity index is 2.53. The second-order valence-corrected chi connectivity index (χ2v) is 3.41. The van der Waals surface area contributed by atoms with Gasteiger partial charge in [-0.2, -0.15) is 0 Å². The highest BCUT2D eigenvalue weighted by Gasteiger charge is 2.24. The van der Waals surface area contributed by atoms with Crippen molar-refractivity contribution in [1.29, 1.82) is 0 Å². The summed E-state index contributed by atoms with van der Waals surface area (Å²) in [7, 11) is 0. The van der Waals surface area contributed by atoms with E-state index in [0.717, 1.165) is 0 Å². The molecule has 1 unspecified atom stereocenters. The Morgan fingerprint density at radius 2 is 2.11 bits per heavy atom. The Hall–Kier alpha value is -0.500. The van der Waals surface area contributed by atoms with Crippen LogP contribution in [-0.2, 0) is 4.84 Å². The quantitative estimate of drug-likeness (QED) is 0.531. The first-order chi connectivity index (χ1) is 4.11. The Kier molecular flexibility index (Phi) is 1.49. The van der Waals surface area contributed by atoms with Crippen LogP contribution < -0.4 is 5.48 Å². The average molecular weight is 127 g/mol. The molecule has 0 aromatic carbocycles. The highest BCUT2D eigenvalue weighted by Crippen LogP contribution is 2.22. The fourth-order valence-corrected chi connectivity index (χ4v) is 0.735. The molecule has 2 heteroatoms. The van der Waals surface area contributed by atoms with E-state index in [2.05, 4.69) is 26.3 Å². The minimum atomic E-state index is 0.257. The van der Waals surface area contributed by atoms with Gasteiger partial charge in [0.15, 0.2) is 0 Å². The van der Waals surface area contributed by atoms with Gasteiger partial charge in [0.2, 0.25) is 0 Å².